The average Bonchev–Trinajstić information content (AvgIpc) is 3.50. The molecule has 0 bridgehead atoms. The Balaban J connectivity index is 1.11. The van der Waals surface area contributed by atoms with Crippen LogP contribution in [0.25, 0.3) is 21.7 Å². The molecule has 5 rings (SSSR count). The first-order valence-electron chi connectivity index (χ1n) is 10.6. The van der Waals surface area contributed by atoms with Crippen molar-refractivity contribution in [1.29, 1.82) is 0 Å². The molecule has 1 aliphatic rings. The third-order valence-electron chi connectivity index (χ3n) is 5.66. The van der Waals surface area contributed by atoms with Gasteiger partial charge in [0, 0.05) is 28.5 Å². The predicted molar refractivity (Wildman–Crippen MR) is 125 cm³/mol. The van der Waals surface area contributed by atoms with Gasteiger partial charge in [0.1, 0.15) is 0 Å². The molecule has 1 aliphatic carbocycles. The van der Waals surface area contributed by atoms with Crippen LogP contribution in [-0.2, 0) is 24.1 Å². The summed E-state index contributed by atoms with van der Waals surface area (Å²) >= 11 is 3.03. The summed E-state index contributed by atoms with van der Waals surface area (Å²) in [4.78, 5) is 18.0. The molecular weight excluding hydrogens is 428 g/mol. The van der Waals surface area contributed by atoms with Crippen LogP contribution in [0, 0.1) is 5.92 Å². The zero-order chi connectivity index (χ0) is 21.2. The molecule has 1 aromatic carbocycles. The molecule has 0 radical (unpaired) electrons. The van der Waals surface area contributed by atoms with Crippen molar-refractivity contribution in [2.24, 2.45) is 5.92 Å². The van der Waals surface area contributed by atoms with Gasteiger partial charge in [0.05, 0.1) is 10.6 Å². The minimum atomic E-state index is -0.0369. The van der Waals surface area contributed by atoms with Gasteiger partial charge in [-0.3, -0.25) is 4.79 Å². The van der Waals surface area contributed by atoms with Crippen LogP contribution in [0.5, 0.6) is 0 Å². The van der Waals surface area contributed by atoms with Gasteiger partial charge in [0.15, 0.2) is 0 Å². The Morgan fingerprint density at radius 1 is 1.35 bits per heavy atom. The van der Waals surface area contributed by atoms with Crippen molar-refractivity contribution < 1.29 is 9.21 Å². The van der Waals surface area contributed by atoms with E-state index in [1.54, 1.807) is 11.3 Å². The number of aryl methyl sites for hydroxylation is 1. The number of amides is 1. The number of thioether (sulfide) groups is 1. The second kappa shape index (κ2) is 8.88. The van der Waals surface area contributed by atoms with Crippen molar-refractivity contribution >= 4 is 39.9 Å². The largest absolute Gasteiger partial charge is 0.410 e. The van der Waals surface area contributed by atoms with E-state index in [1.165, 1.54) is 39.6 Å². The van der Waals surface area contributed by atoms with Gasteiger partial charge in [0.25, 0.3) is 11.1 Å². The Kier molecular flexibility index (Phi) is 5.82. The molecule has 160 valence electrons. The van der Waals surface area contributed by atoms with Gasteiger partial charge in [0.2, 0.25) is 5.91 Å². The molecule has 1 unspecified atom stereocenters. The molecule has 1 atom stereocenters. The maximum Gasteiger partial charge on any atom is 0.277 e. The zero-order valence-electron chi connectivity index (χ0n) is 17.3. The lowest BCUT2D eigenvalue weighted by Gasteiger charge is -2.16. The fourth-order valence-electron chi connectivity index (χ4n) is 4.03. The number of thiophene rings is 1. The maximum atomic E-state index is 12.2. The second-order valence-electron chi connectivity index (χ2n) is 8.03. The summed E-state index contributed by atoms with van der Waals surface area (Å²) in [6, 6.07) is 10.4. The molecular formula is C23H24N4O2S2. The van der Waals surface area contributed by atoms with Crippen LogP contribution in [0.3, 0.4) is 0 Å². The molecule has 31 heavy (non-hydrogen) atoms. The van der Waals surface area contributed by atoms with Gasteiger partial charge in [-0.1, -0.05) is 36.9 Å². The molecule has 0 saturated carbocycles. The third kappa shape index (κ3) is 4.55. The number of carbonyl (C=O) groups excluding carboxylic acids is 1. The zero-order valence-corrected chi connectivity index (χ0v) is 18.9. The van der Waals surface area contributed by atoms with Gasteiger partial charge in [-0.15, -0.1) is 21.5 Å². The number of nitrogens with zero attached hydrogens (tertiary/aromatic N) is 2. The highest BCUT2D eigenvalue weighted by Crippen LogP contribution is 2.37. The Labute approximate surface area is 188 Å². The number of aromatic nitrogens is 3. The second-order valence-corrected chi connectivity index (χ2v) is 10.1. The first-order valence-corrected chi connectivity index (χ1v) is 12.4. The monoisotopic (exact) mass is 452 g/mol. The number of hydrogen-bond acceptors (Lipinski definition) is 6. The van der Waals surface area contributed by atoms with Gasteiger partial charge < -0.3 is 14.7 Å². The molecule has 2 N–H and O–H groups in total. The van der Waals surface area contributed by atoms with Gasteiger partial charge in [-0.25, -0.2) is 0 Å². The molecule has 4 aromatic rings. The SMILES string of the molecule is CC1CCc2sc(-c3nnc(SCC(=O)NCCc4c[nH]c5ccccc45)o3)cc2C1. The van der Waals surface area contributed by atoms with Crippen molar-refractivity contribution in [3.8, 4) is 10.8 Å². The third-order valence-corrected chi connectivity index (χ3v) is 7.71. The quantitative estimate of drug-likeness (QED) is 0.392. The normalized spacial score (nSPS) is 15.8. The lowest BCUT2D eigenvalue weighted by atomic mass is 9.90. The molecule has 3 aromatic heterocycles. The summed E-state index contributed by atoms with van der Waals surface area (Å²) in [6.07, 6.45) is 6.30. The Bertz CT molecular complexity index is 1210. The average molecular weight is 453 g/mol. The highest BCUT2D eigenvalue weighted by Gasteiger charge is 2.21. The summed E-state index contributed by atoms with van der Waals surface area (Å²) in [5.41, 5.74) is 3.74. The Hall–Kier alpha value is -2.58. The number of para-hydroxylation sites is 1. The van der Waals surface area contributed by atoms with E-state index in [-0.39, 0.29) is 11.7 Å². The number of H-pyrrole nitrogens is 1. The molecule has 0 fully saturated rings. The smallest absolute Gasteiger partial charge is 0.277 e. The van der Waals surface area contributed by atoms with Gasteiger partial charge in [-0.05, 0) is 54.9 Å². The first-order chi connectivity index (χ1) is 15.2. The fraction of sp³-hybridized carbons (Fsp3) is 0.348. The summed E-state index contributed by atoms with van der Waals surface area (Å²) < 4.78 is 5.80. The van der Waals surface area contributed by atoms with E-state index >= 15 is 0 Å². The topological polar surface area (TPSA) is 83.8 Å². The van der Waals surface area contributed by atoms with E-state index in [9.17, 15) is 4.79 Å². The summed E-state index contributed by atoms with van der Waals surface area (Å²) in [5.74, 6) is 1.51. The minimum Gasteiger partial charge on any atom is -0.410 e. The predicted octanol–water partition coefficient (Wildman–Crippen LogP) is 4.86. The lowest BCUT2D eigenvalue weighted by molar-refractivity contribution is -0.118. The maximum absolute atomic E-state index is 12.2. The van der Waals surface area contributed by atoms with E-state index in [1.807, 2.05) is 18.3 Å². The Morgan fingerprint density at radius 2 is 2.26 bits per heavy atom. The number of hydrogen-bond donors (Lipinski definition) is 2. The van der Waals surface area contributed by atoms with E-state index in [2.05, 4.69) is 45.6 Å². The van der Waals surface area contributed by atoms with Crippen LogP contribution in [-0.4, -0.2) is 33.4 Å². The number of rotatable bonds is 7. The molecule has 8 heteroatoms. The fourth-order valence-corrected chi connectivity index (χ4v) is 5.75. The highest BCUT2D eigenvalue weighted by molar-refractivity contribution is 7.99. The molecule has 1 amide bonds. The van der Waals surface area contributed by atoms with E-state index in [0.29, 0.717) is 17.7 Å². The number of aromatic amines is 1. The summed E-state index contributed by atoms with van der Waals surface area (Å²) in [5, 5.41) is 12.9. The minimum absolute atomic E-state index is 0.0369. The summed E-state index contributed by atoms with van der Waals surface area (Å²) in [7, 11) is 0. The van der Waals surface area contributed by atoms with Crippen molar-refractivity contribution in [3.63, 3.8) is 0 Å². The molecule has 0 aliphatic heterocycles. The number of fused-ring (bicyclic) bond motifs is 2. The van der Waals surface area contributed by atoms with Crippen LogP contribution in [0.2, 0.25) is 0 Å². The van der Waals surface area contributed by atoms with Crippen LogP contribution >= 0.6 is 23.1 Å². The molecule has 6 nitrogen and oxygen atoms in total. The highest BCUT2D eigenvalue weighted by atomic mass is 32.2. The number of carbonyl (C=O) groups is 1. The van der Waals surface area contributed by atoms with Crippen LogP contribution in [0.15, 0.2) is 46.2 Å². The molecule has 3 heterocycles. The van der Waals surface area contributed by atoms with Crippen molar-refractivity contribution in [2.75, 3.05) is 12.3 Å². The van der Waals surface area contributed by atoms with Crippen LogP contribution in [0.1, 0.15) is 29.3 Å². The van der Waals surface area contributed by atoms with Crippen molar-refractivity contribution in [2.45, 2.75) is 37.8 Å². The van der Waals surface area contributed by atoms with Crippen molar-refractivity contribution in [3.05, 3.63) is 52.5 Å². The van der Waals surface area contributed by atoms with Gasteiger partial charge in [-0.2, -0.15) is 0 Å². The van der Waals surface area contributed by atoms with Crippen LogP contribution in [0.4, 0.5) is 0 Å². The molecule has 0 saturated heterocycles. The van der Waals surface area contributed by atoms with Gasteiger partial charge >= 0.3 is 0 Å². The molecule has 0 spiro atoms. The van der Waals surface area contributed by atoms with E-state index < -0.39 is 0 Å². The Morgan fingerprint density at radius 3 is 3.19 bits per heavy atom. The number of benzene rings is 1. The van der Waals surface area contributed by atoms with E-state index in [4.69, 9.17) is 4.42 Å². The first kappa shape index (κ1) is 20.3. The van der Waals surface area contributed by atoms with Crippen molar-refractivity contribution in [1.82, 2.24) is 20.5 Å². The lowest BCUT2D eigenvalue weighted by Crippen LogP contribution is -2.27. The standard InChI is InChI=1S/C23H24N4O2S2/c1-14-6-7-19-16(10-14)11-20(31-19)22-26-27-23(29-22)30-13-21(28)24-9-8-15-12-25-18-5-3-2-4-17(15)18/h2-5,11-12,14,25H,6-10,13H2,1H3,(H,24,28). The van der Waals surface area contributed by atoms with Crippen LogP contribution < -0.4 is 5.32 Å². The van der Waals surface area contributed by atoms with E-state index in [0.717, 1.165) is 35.6 Å². The number of nitrogens with one attached hydrogen (secondary N) is 2. The summed E-state index contributed by atoms with van der Waals surface area (Å²) in [6.45, 7) is 2.89.